The Morgan fingerprint density at radius 2 is 1.86 bits per heavy atom. The molecule has 1 fully saturated rings. The van der Waals surface area contributed by atoms with Crippen LogP contribution >= 0.6 is 0 Å². The Bertz CT molecular complexity index is 789. The number of hydrogen-bond donors (Lipinski definition) is 1. The van der Waals surface area contributed by atoms with Crippen LogP contribution in [0.3, 0.4) is 0 Å². The quantitative estimate of drug-likeness (QED) is 0.703. The van der Waals surface area contributed by atoms with Crippen molar-refractivity contribution >= 4 is 11.8 Å². The SMILES string of the molecule is Cc1cnc(C(=O)N(CCC(=O)NCCN2CCCC2)Cc2ccccc2)cn1. The first kappa shape index (κ1) is 20.9. The lowest BCUT2D eigenvalue weighted by Crippen LogP contribution is -2.37. The van der Waals surface area contributed by atoms with Crippen LogP contribution in [0.2, 0.25) is 0 Å². The number of aryl methyl sites for hydroxylation is 1. The lowest BCUT2D eigenvalue weighted by atomic mass is 10.2. The van der Waals surface area contributed by atoms with Gasteiger partial charge in [0.25, 0.3) is 5.91 Å². The number of hydrogen-bond acceptors (Lipinski definition) is 5. The summed E-state index contributed by atoms with van der Waals surface area (Å²) in [6.45, 7) is 6.36. The fourth-order valence-corrected chi connectivity index (χ4v) is 3.41. The van der Waals surface area contributed by atoms with Crippen LogP contribution in [0.15, 0.2) is 42.7 Å². The van der Waals surface area contributed by atoms with E-state index < -0.39 is 0 Å². The molecule has 7 nitrogen and oxygen atoms in total. The molecule has 29 heavy (non-hydrogen) atoms. The molecule has 1 saturated heterocycles. The number of aromatic nitrogens is 2. The summed E-state index contributed by atoms with van der Waals surface area (Å²) in [5.74, 6) is -0.253. The summed E-state index contributed by atoms with van der Waals surface area (Å²) in [5, 5.41) is 2.97. The molecule has 0 saturated carbocycles. The maximum Gasteiger partial charge on any atom is 0.274 e. The Morgan fingerprint density at radius 3 is 2.55 bits per heavy atom. The van der Waals surface area contributed by atoms with Gasteiger partial charge in [0.05, 0.1) is 11.9 Å². The third-order valence-electron chi connectivity index (χ3n) is 5.06. The number of rotatable bonds is 9. The maximum absolute atomic E-state index is 12.9. The Kier molecular flexibility index (Phi) is 7.69. The van der Waals surface area contributed by atoms with Crippen LogP contribution in [0, 0.1) is 6.92 Å². The highest BCUT2D eigenvalue weighted by atomic mass is 16.2. The van der Waals surface area contributed by atoms with Crippen molar-refractivity contribution in [1.82, 2.24) is 25.1 Å². The number of carbonyl (C=O) groups is 2. The molecule has 1 aliphatic heterocycles. The van der Waals surface area contributed by atoms with E-state index >= 15 is 0 Å². The van der Waals surface area contributed by atoms with Crippen LogP contribution in [-0.2, 0) is 11.3 Å². The van der Waals surface area contributed by atoms with E-state index in [1.807, 2.05) is 37.3 Å². The van der Waals surface area contributed by atoms with Gasteiger partial charge in [-0.05, 0) is 38.4 Å². The molecule has 0 radical (unpaired) electrons. The van der Waals surface area contributed by atoms with Crippen LogP contribution in [0.1, 0.15) is 41.0 Å². The summed E-state index contributed by atoms with van der Waals surface area (Å²) in [5.41, 5.74) is 2.06. The van der Waals surface area contributed by atoms with Gasteiger partial charge in [0.1, 0.15) is 5.69 Å². The summed E-state index contributed by atoms with van der Waals surface area (Å²) < 4.78 is 0. The predicted octanol–water partition coefficient (Wildman–Crippen LogP) is 2.03. The predicted molar refractivity (Wildman–Crippen MR) is 111 cm³/mol. The standard InChI is InChI=1S/C22H29N5O2/c1-18-15-25-20(16-24-18)22(29)27(17-19-7-3-2-4-8-19)13-9-21(28)23-10-14-26-11-5-6-12-26/h2-4,7-8,15-16H,5-6,9-14,17H2,1H3,(H,23,28). The van der Waals surface area contributed by atoms with E-state index in [1.54, 1.807) is 11.1 Å². The first-order chi connectivity index (χ1) is 14.1. The van der Waals surface area contributed by atoms with Crippen molar-refractivity contribution < 1.29 is 9.59 Å². The number of likely N-dealkylation sites (tertiary alicyclic amines) is 1. The van der Waals surface area contributed by atoms with Crippen molar-refractivity contribution in [3.05, 3.63) is 59.7 Å². The van der Waals surface area contributed by atoms with Gasteiger partial charge in [-0.15, -0.1) is 0 Å². The summed E-state index contributed by atoms with van der Waals surface area (Å²) in [6.07, 6.45) is 5.82. The number of nitrogens with zero attached hydrogens (tertiary/aromatic N) is 4. The minimum atomic E-state index is -0.216. The van der Waals surface area contributed by atoms with E-state index in [1.165, 1.54) is 19.0 Å². The molecule has 0 atom stereocenters. The van der Waals surface area contributed by atoms with Gasteiger partial charge >= 0.3 is 0 Å². The molecule has 3 rings (SSSR count). The van der Waals surface area contributed by atoms with E-state index in [0.29, 0.717) is 25.3 Å². The minimum Gasteiger partial charge on any atom is -0.355 e. The summed E-state index contributed by atoms with van der Waals surface area (Å²) >= 11 is 0. The molecular formula is C22H29N5O2. The molecule has 0 aliphatic carbocycles. The van der Waals surface area contributed by atoms with Crippen LogP contribution in [0.25, 0.3) is 0 Å². The molecule has 154 valence electrons. The highest BCUT2D eigenvalue weighted by Crippen LogP contribution is 2.10. The maximum atomic E-state index is 12.9. The highest BCUT2D eigenvalue weighted by Gasteiger charge is 2.19. The van der Waals surface area contributed by atoms with E-state index in [9.17, 15) is 9.59 Å². The zero-order valence-electron chi connectivity index (χ0n) is 17.0. The topological polar surface area (TPSA) is 78.4 Å². The largest absolute Gasteiger partial charge is 0.355 e. The van der Waals surface area contributed by atoms with Crippen molar-refractivity contribution in [2.45, 2.75) is 32.7 Å². The summed E-state index contributed by atoms with van der Waals surface area (Å²) in [4.78, 5) is 37.6. The fourth-order valence-electron chi connectivity index (χ4n) is 3.41. The molecule has 1 aromatic heterocycles. The Morgan fingerprint density at radius 1 is 1.10 bits per heavy atom. The Balaban J connectivity index is 1.56. The average molecular weight is 396 g/mol. The second-order valence-electron chi connectivity index (χ2n) is 7.40. The van der Waals surface area contributed by atoms with E-state index in [4.69, 9.17) is 0 Å². The lowest BCUT2D eigenvalue weighted by Gasteiger charge is -2.22. The van der Waals surface area contributed by atoms with Crippen LogP contribution < -0.4 is 5.32 Å². The van der Waals surface area contributed by atoms with Gasteiger partial charge in [-0.2, -0.15) is 0 Å². The monoisotopic (exact) mass is 395 g/mol. The second-order valence-corrected chi connectivity index (χ2v) is 7.40. The van der Waals surface area contributed by atoms with E-state index in [2.05, 4.69) is 20.2 Å². The van der Waals surface area contributed by atoms with Crippen molar-refractivity contribution in [2.24, 2.45) is 0 Å². The minimum absolute atomic E-state index is 0.0370. The molecule has 2 amide bonds. The molecule has 2 aromatic rings. The number of amides is 2. The number of nitrogens with one attached hydrogen (secondary N) is 1. The smallest absolute Gasteiger partial charge is 0.274 e. The zero-order valence-corrected chi connectivity index (χ0v) is 17.0. The van der Waals surface area contributed by atoms with Crippen LogP contribution in [0.5, 0.6) is 0 Å². The molecule has 0 spiro atoms. The average Bonchev–Trinajstić information content (AvgIpc) is 3.25. The van der Waals surface area contributed by atoms with Crippen LogP contribution in [0.4, 0.5) is 0 Å². The van der Waals surface area contributed by atoms with Gasteiger partial charge in [-0.1, -0.05) is 30.3 Å². The molecule has 1 aromatic carbocycles. The zero-order chi connectivity index (χ0) is 20.5. The molecule has 1 aliphatic rings. The fraction of sp³-hybridized carbons (Fsp3) is 0.455. The normalized spacial score (nSPS) is 14.0. The van der Waals surface area contributed by atoms with Crippen molar-refractivity contribution in [2.75, 3.05) is 32.7 Å². The van der Waals surface area contributed by atoms with Crippen molar-refractivity contribution in [3.8, 4) is 0 Å². The highest BCUT2D eigenvalue weighted by molar-refractivity contribution is 5.92. The Hall–Kier alpha value is -2.80. The third kappa shape index (κ3) is 6.64. The summed E-state index contributed by atoms with van der Waals surface area (Å²) in [7, 11) is 0. The Labute approximate surface area is 172 Å². The van der Waals surface area contributed by atoms with Gasteiger partial charge in [-0.25, -0.2) is 4.98 Å². The number of benzene rings is 1. The van der Waals surface area contributed by atoms with Gasteiger partial charge in [-0.3, -0.25) is 14.6 Å². The van der Waals surface area contributed by atoms with Gasteiger partial charge in [0.15, 0.2) is 0 Å². The first-order valence-electron chi connectivity index (χ1n) is 10.2. The number of carbonyl (C=O) groups excluding carboxylic acids is 2. The van der Waals surface area contributed by atoms with Gasteiger partial charge < -0.3 is 15.1 Å². The second kappa shape index (κ2) is 10.7. The van der Waals surface area contributed by atoms with Crippen molar-refractivity contribution in [1.29, 1.82) is 0 Å². The third-order valence-corrected chi connectivity index (χ3v) is 5.06. The van der Waals surface area contributed by atoms with E-state index in [0.717, 1.165) is 30.9 Å². The van der Waals surface area contributed by atoms with Crippen LogP contribution in [-0.4, -0.2) is 64.3 Å². The lowest BCUT2D eigenvalue weighted by molar-refractivity contribution is -0.121. The molecule has 0 unspecified atom stereocenters. The molecule has 2 heterocycles. The van der Waals surface area contributed by atoms with Gasteiger partial charge in [0.2, 0.25) is 5.91 Å². The molecule has 1 N–H and O–H groups in total. The van der Waals surface area contributed by atoms with Crippen molar-refractivity contribution in [3.63, 3.8) is 0 Å². The molecular weight excluding hydrogens is 366 g/mol. The summed E-state index contributed by atoms with van der Waals surface area (Å²) in [6, 6.07) is 9.76. The molecule has 7 heteroatoms. The van der Waals surface area contributed by atoms with Gasteiger partial charge in [0, 0.05) is 38.8 Å². The molecule has 0 bridgehead atoms. The van der Waals surface area contributed by atoms with E-state index in [-0.39, 0.29) is 18.2 Å². The first-order valence-corrected chi connectivity index (χ1v) is 10.2.